The summed E-state index contributed by atoms with van der Waals surface area (Å²) in [6.45, 7) is 10.1. The van der Waals surface area contributed by atoms with Gasteiger partial charge in [-0.25, -0.2) is 0 Å². The fourth-order valence-electron chi connectivity index (χ4n) is 2.10. The third kappa shape index (κ3) is 3.33. The normalized spacial score (nSPS) is 14.1. The van der Waals surface area contributed by atoms with Crippen LogP contribution >= 0.6 is 0 Å². The Morgan fingerprint density at radius 1 is 1.28 bits per heavy atom. The standard InChI is InChI=1S/C15H24N2O/c1-6-10(3)13(16)15(18)17-14-11(4)7-9(2)8-12(14)5/h7-8,10,13H,6,16H2,1-5H3,(H,17,18)/t10-,13-/m0/s1. The summed E-state index contributed by atoms with van der Waals surface area (Å²) < 4.78 is 0. The van der Waals surface area contributed by atoms with Crippen molar-refractivity contribution >= 4 is 11.6 Å². The first-order chi connectivity index (χ1) is 8.36. The molecule has 0 aromatic heterocycles. The van der Waals surface area contributed by atoms with Crippen LogP contribution in [0.25, 0.3) is 0 Å². The molecule has 1 aromatic rings. The average Bonchev–Trinajstić information content (AvgIpc) is 2.31. The number of aryl methyl sites for hydroxylation is 3. The third-order valence-electron chi connectivity index (χ3n) is 3.48. The van der Waals surface area contributed by atoms with E-state index in [0.717, 1.165) is 23.2 Å². The van der Waals surface area contributed by atoms with Gasteiger partial charge in [0.05, 0.1) is 6.04 Å². The first-order valence-electron chi connectivity index (χ1n) is 6.51. The number of carbonyl (C=O) groups is 1. The third-order valence-corrected chi connectivity index (χ3v) is 3.48. The van der Waals surface area contributed by atoms with Crippen LogP contribution in [0.5, 0.6) is 0 Å². The van der Waals surface area contributed by atoms with E-state index in [-0.39, 0.29) is 11.8 Å². The summed E-state index contributed by atoms with van der Waals surface area (Å²) in [5.41, 5.74) is 10.2. The van der Waals surface area contributed by atoms with Crippen molar-refractivity contribution in [2.24, 2.45) is 11.7 Å². The van der Waals surface area contributed by atoms with Crippen molar-refractivity contribution in [1.29, 1.82) is 0 Å². The second kappa shape index (κ2) is 6.01. The molecule has 0 spiro atoms. The second-order valence-electron chi connectivity index (χ2n) is 5.17. The molecule has 0 saturated heterocycles. The summed E-state index contributed by atoms with van der Waals surface area (Å²) >= 11 is 0. The van der Waals surface area contributed by atoms with Gasteiger partial charge < -0.3 is 11.1 Å². The molecule has 18 heavy (non-hydrogen) atoms. The van der Waals surface area contributed by atoms with Crippen LogP contribution in [-0.4, -0.2) is 11.9 Å². The number of nitrogens with one attached hydrogen (secondary N) is 1. The molecule has 3 heteroatoms. The van der Waals surface area contributed by atoms with E-state index in [1.165, 1.54) is 5.56 Å². The zero-order valence-electron chi connectivity index (χ0n) is 12.0. The maximum atomic E-state index is 12.1. The molecule has 0 saturated carbocycles. The van der Waals surface area contributed by atoms with E-state index in [4.69, 9.17) is 5.73 Å². The molecule has 0 radical (unpaired) electrons. The molecule has 100 valence electrons. The number of carbonyl (C=O) groups excluding carboxylic acids is 1. The maximum Gasteiger partial charge on any atom is 0.241 e. The van der Waals surface area contributed by atoms with Crippen molar-refractivity contribution in [2.45, 2.75) is 47.1 Å². The Kier molecular flexibility index (Phi) is 4.91. The minimum Gasteiger partial charge on any atom is -0.324 e. The highest BCUT2D eigenvalue weighted by Crippen LogP contribution is 2.22. The van der Waals surface area contributed by atoms with Crippen molar-refractivity contribution in [3.63, 3.8) is 0 Å². The molecule has 0 aliphatic heterocycles. The minimum absolute atomic E-state index is 0.0978. The summed E-state index contributed by atoms with van der Waals surface area (Å²) in [4.78, 5) is 12.1. The smallest absolute Gasteiger partial charge is 0.241 e. The van der Waals surface area contributed by atoms with Crippen molar-refractivity contribution in [1.82, 2.24) is 0 Å². The lowest BCUT2D eigenvalue weighted by Crippen LogP contribution is -2.40. The van der Waals surface area contributed by atoms with Gasteiger partial charge in [-0.15, -0.1) is 0 Å². The van der Waals surface area contributed by atoms with Gasteiger partial charge in [0, 0.05) is 5.69 Å². The summed E-state index contributed by atoms with van der Waals surface area (Å²) in [6.07, 6.45) is 0.903. The topological polar surface area (TPSA) is 55.1 Å². The Morgan fingerprint density at radius 2 is 1.78 bits per heavy atom. The Balaban J connectivity index is 2.89. The molecule has 1 aromatic carbocycles. The van der Waals surface area contributed by atoms with Gasteiger partial charge in [0.1, 0.15) is 0 Å². The first kappa shape index (κ1) is 14.7. The van der Waals surface area contributed by atoms with Gasteiger partial charge in [0.15, 0.2) is 0 Å². The van der Waals surface area contributed by atoms with E-state index in [1.54, 1.807) is 0 Å². The lowest BCUT2D eigenvalue weighted by Gasteiger charge is -2.20. The molecule has 1 rings (SSSR count). The van der Waals surface area contributed by atoms with Gasteiger partial charge in [-0.2, -0.15) is 0 Å². The second-order valence-corrected chi connectivity index (χ2v) is 5.17. The van der Waals surface area contributed by atoms with Crippen LogP contribution in [0.1, 0.15) is 37.0 Å². The molecule has 0 heterocycles. The number of hydrogen-bond acceptors (Lipinski definition) is 2. The van der Waals surface area contributed by atoms with Crippen LogP contribution in [-0.2, 0) is 4.79 Å². The summed E-state index contributed by atoms with van der Waals surface area (Å²) in [5.74, 6) is 0.0930. The molecular formula is C15H24N2O. The molecular weight excluding hydrogens is 224 g/mol. The predicted octanol–water partition coefficient (Wildman–Crippen LogP) is 2.92. The number of benzene rings is 1. The monoisotopic (exact) mass is 248 g/mol. The molecule has 0 aliphatic rings. The van der Waals surface area contributed by atoms with E-state index >= 15 is 0 Å². The number of amides is 1. The summed E-state index contributed by atoms with van der Waals surface area (Å²) in [6, 6.07) is 3.68. The number of rotatable bonds is 4. The fourth-order valence-corrected chi connectivity index (χ4v) is 2.10. The van der Waals surface area contributed by atoms with E-state index in [9.17, 15) is 4.79 Å². The fraction of sp³-hybridized carbons (Fsp3) is 0.533. The van der Waals surface area contributed by atoms with Gasteiger partial charge >= 0.3 is 0 Å². The molecule has 0 aliphatic carbocycles. The van der Waals surface area contributed by atoms with Gasteiger partial charge in [-0.1, -0.05) is 38.0 Å². The van der Waals surface area contributed by atoms with Crippen LogP contribution in [0.3, 0.4) is 0 Å². The van der Waals surface area contributed by atoms with Gasteiger partial charge in [-0.3, -0.25) is 4.79 Å². The highest BCUT2D eigenvalue weighted by Gasteiger charge is 2.20. The average molecular weight is 248 g/mol. The van der Waals surface area contributed by atoms with Crippen LogP contribution in [0, 0.1) is 26.7 Å². The highest BCUT2D eigenvalue weighted by molar-refractivity contribution is 5.96. The number of nitrogens with two attached hydrogens (primary N) is 1. The van der Waals surface area contributed by atoms with Crippen LogP contribution in [0.4, 0.5) is 5.69 Å². The first-order valence-corrected chi connectivity index (χ1v) is 6.51. The van der Waals surface area contributed by atoms with E-state index in [0.29, 0.717) is 0 Å². The zero-order valence-corrected chi connectivity index (χ0v) is 12.0. The number of hydrogen-bond donors (Lipinski definition) is 2. The maximum absolute atomic E-state index is 12.1. The van der Waals surface area contributed by atoms with E-state index < -0.39 is 6.04 Å². The van der Waals surface area contributed by atoms with Gasteiger partial charge in [0.2, 0.25) is 5.91 Å². The lowest BCUT2D eigenvalue weighted by atomic mass is 9.98. The Morgan fingerprint density at radius 3 is 2.22 bits per heavy atom. The lowest BCUT2D eigenvalue weighted by molar-refractivity contribution is -0.118. The quantitative estimate of drug-likeness (QED) is 0.860. The minimum atomic E-state index is -0.449. The Bertz CT molecular complexity index is 417. The highest BCUT2D eigenvalue weighted by atomic mass is 16.2. The number of anilines is 1. The van der Waals surface area contributed by atoms with Crippen molar-refractivity contribution in [3.05, 3.63) is 28.8 Å². The molecule has 0 bridgehead atoms. The van der Waals surface area contributed by atoms with Crippen molar-refractivity contribution < 1.29 is 4.79 Å². The molecule has 0 fully saturated rings. The van der Waals surface area contributed by atoms with Gasteiger partial charge in [0.25, 0.3) is 0 Å². The molecule has 2 atom stereocenters. The summed E-state index contributed by atoms with van der Waals surface area (Å²) in [7, 11) is 0. The zero-order chi connectivity index (χ0) is 13.9. The van der Waals surface area contributed by atoms with Crippen molar-refractivity contribution in [2.75, 3.05) is 5.32 Å². The SMILES string of the molecule is CC[C@H](C)[C@H](N)C(=O)Nc1c(C)cc(C)cc1C. The van der Waals surface area contributed by atoms with E-state index in [1.807, 2.05) is 27.7 Å². The Labute approximate surface area is 110 Å². The van der Waals surface area contributed by atoms with Crippen LogP contribution in [0.15, 0.2) is 12.1 Å². The van der Waals surface area contributed by atoms with E-state index in [2.05, 4.69) is 24.4 Å². The molecule has 3 N–H and O–H groups in total. The van der Waals surface area contributed by atoms with Crippen LogP contribution in [0.2, 0.25) is 0 Å². The largest absolute Gasteiger partial charge is 0.324 e. The van der Waals surface area contributed by atoms with Gasteiger partial charge in [-0.05, 0) is 37.8 Å². The summed E-state index contributed by atoms with van der Waals surface area (Å²) in [5, 5.41) is 2.96. The Hall–Kier alpha value is -1.35. The van der Waals surface area contributed by atoms with Crippen LogP contribution < -0.4 is 11.1 Å². The molecule has 1 amide bonds. The predicted molar refractivity (Wildman–Crippen MR) is 76.7 cm³/mol. The van der Waals surface area contributed by atoms with Crippen molar-refractivity contribution in [3.8, 4) is 0 Å². The molecule has 3 nitrogen and oxygen atoms in total. The molecule has 0 unspecified atom stereocenters.